The Kier molecular flexibility index (Phi) is 3.62. The molecule has 0 N–H and O–H groups in total. The molecule has 148 valence electrons. The van der Waals surface area contributed by atoms with Gasteiger partial charge in [-0.25, -0.2) is 12.7 Å². The number of sulfonamides is 1. The molecule has 4 aliphatic carbocycles. The van der Waals surface area contributed by atoms with Crippen molar-refractivity contribution in [3.05, 3.63) is 11.1 Å². The topological polar surface area (TPSA) is 71.5 Å². The number of ketones is 1. The van der Waals surface area contributed by atoms with Crippen LogP contribution >= 0.6 is 0 Å². The van der Waals surface area contributed by atoms with Crippen LogP contribution in [0.2, 0.25) is 0 Å². The number of hydrogen-bond donors (Lipinski definition) is 0. The van der Waals surface area contributed by atoms with Crippen molar-refractivity contribution >= 4 is 21.7 Å². The molecule has 0 radical (unpaired) electrons. The molecule has 2 bridgehead atoms. The smallest absolute Gasteiger partial charge is 0.240 e. The van der Waals surface area contributed by atoms with Crippen LogP contribution in [0.15, 0.2) is 11.1 Å². The Morgan fingerprint density at radius 3 is 2.63 bits per heavy atom. The molecule has 0 aromatic heterocycles. The fourth-order valence-electron chi connectivity index (χ4n) is 7.18. The SMILES string of the molecule is CC1(C)C2CCC13CS(=O)(=O)N(C(=O)C1CC(=O)C4=C(CCCC4)C1)C3C2. The second-order valence-electron chi connectivity index (χ2n) is 10.1. The molecule has 1 saturated heterocycles. The van der Waals surface area contributed by atoms with Gasteiger partial charge in [-0.1, -0.05) is 19.4 Å². The van der Waals surface area contributed by atoms with Crippen molar-refractivity contribution in [2.45, 2.75) is 77.7 Å². The van der Waals surface area contributed by atoms with Gasteiger partial charge in [-0.15, -0.1) is 0 Å². The van der Waals surface area contributed by atoms with E-state index in [0.29, 0.717) is 12.3 Å². The van der Waals surface area contributed by atoms with Crippen LogP contribution in [-0.2, 0) is 19.6 Å². The number of carbonyl (C=O) groups excluding carboxylic acids is 2. The molecule has 4 unspecified atom stereocenters. The summed E-state index contributed by atoms with van der Waals surface area (Å²) in [6.07, 6.45) is 7.37. The third-order valence-corrected chi connectivity index (χ3v) is 10.7. The fourth-order valence-corrected chi connectivity index (χ4v) is 9.78. The van der Waals surface area contributed by atoms with Crippen LogP contribution < -0.4 is 0 Å². The van der Waals surface area contributed by atoms with Gasteiger partial charge in [0.2, 0.25) is 15.9 Å². The standard InChI is InChI=1S/C21H29NO4S/c1-20(2)15-7-8-21(20)12-27(25,26)22(18(21)11-15)19(24)14-9-13-5-3-4-6-16(13)17(23)10-14/h14-15,18H,3-12H2,1-2H3. The number of carbonyl (C=O) groups is 2. The summed E-state index contributed by atoms with van der Waals surface area (Å²) < 4.78 is 27.5. The summed E-state index contributed by atoms with van der Waals surface area (Å²) >= 11 is 0. The highest BCUT2D eigenvalue weighted by molar-refractivity contribution is 7.90. The summed E-state index contributed by atoms with van der Waals surface area (Å²) in [7, 11) is -3.60. The van der Waals surface area contributed by atoms with Crippen LogP contribution in [0.3, 0.4) is 0 Å². The molecule has 27 heavy (non-hydrogen) atoms. The molecule has 5 nitrogen and oxygen atoms in total. The summed E-state index contributed by atoms with van der Waals surface area (Å²) in [6, 6.07) is -0.194. The van der Waals surface area contributed by atoms with Gasteiger partial charge in [-0.05, 0) is 68.3 Å². The second kappa shape index (κ2) is 5.46. The Morgan fingerprint density at radius 1 is 1.15 bits per heavy atom. The minimum absolute atomic E-state index is 0.0405. The van der Waals surface area contributed by atoms with Gasteiger partial charge in [0, 0.05) is 11.8 Å². The molecule has 4 atom stereocenters. The van der Waals surface area contributed by atoms with Crippen LogP contribution in [-0.4, -0.2) is 36.2 Å². The maximum atomic E-state index is 13.4. The van der Waals surface area contributed by atoms with Crippen LogP contribution in [0.25, 0.3) is 0 Å². The Balaban J connectivity index is 1.48. The zero-order chi connectivity index (χ0) is 19.2. The molecule has 1 heterocycles. The molecular weight excluding hydrogens is 362 g/mol. The van der Waals surface area contributed by atoms with E-state index in [-0.39, 0.29) is 40.7 Å². The maximum absolute atomic E-state index is 13.4. The fraction of sp³-hybridized carbons (Fsp3) is 0.810. The molecular formula is C21H29NO4S. The first-order valence-electron chi connectivity index (χ1n) is 10.5. The van der Waals surface area contributed by atoms with Gasteiger partial charge in [0.15, 0.2) is 5.78 Å². The number of hydrogen-bond acceptors (Lipinski definition) is 4. The Labute approximate surface area is 161 Å². The quantitative estimate of drug-likeness (QED) is 0.688. The van der Waals surface area contributed by atoms with Crippen LogP contribution in [0.1, 0.15) is 71.6 Å². The van der Waals surface area contributed by atoms with E-state index in [9.17, 15) is 18.0 Å². The van der Waals surface area contributed by atoms with Crippen molar-refractivity contribution in [3.63, 3.8) is 0 Å². The van der Waals surface area contributed by atoms with E-state index in [1.165, 1.54) is 4.31 Å². The molecule has 5 aliphatic rings. The van der Waals surface area contributed by atoms with Crippen LogP contribution in [0.4, 0.5) is 0 Å². The highest BCUT2D eigenvalue weighted by Crippen LogP contribution is 2.70. The van der Waals surface area contributed by atoms with E-state index >= 15 is 0 Å². The first kappa shape index (κ1) is 17.9. The third kappa shape index (κ3) is 2.19. The van der Waals surface area contributed by atoms with E-state index in [0.717, 1.165) is 56.1 Å². The van der Waals surface area contributed by atoms with E-state index in [2.05, 4.69) is 13.8 Å². The average Bonchev–Trinajstić information content (AvgIpc) is 3.08. The third-order valence-electron chi connectivity index (χ3n) is 8.82. The lowest BCUT2D eigenvalue weighted by Crippen LogP contribution is -2.47. The Hall–Kier alpha value is -1.17. The first-order valence-corrected chi connectivity index (χ1v) is 12.1. The number of rotatable bonds is 1. The molecule has 1 amide bonds. The molecule has 6 heteroatoms. The van der Waals surface area contributed by atoms with Crippen molar-refractivity contribution in [1.82, 2.24) is 4.31 Å². The molecule has 3 fully saturated rings. The summed E-state index contributed by atoms with van der Waals surface area (Å²) in [5.74, 6) is -0.107. The lowest BCUT2D eigenvalue weighted by atomic mass is 9.69. The normalized spacial score (nSPS) is 41.6. The number of allylic oxidation sites excluding steroid dienone is 2. The molecule has 2 saturated carbocycles. The van der Waals surface area contributed by atoms with Crippen LogP contribution in [0, 0.1) is 22.7 Å². The van der Waals surface area contributed by atoms with Gasteiger partial charge < -0.3 is 0 Å². The van der Waals surface area contributed by atoms with Crippen molar-refractivity contribution in [2.75, 3.05) is 5.75 Å². The van der Waals surface area contributed by atoms with Crippen LogP contribution in [0.5, 0.6) is 0 Å². The summed E-state index contributed by atoms with van der Waals surface area (Å²) in [6.45, 7) is 4.38. The maximum Gasteiger partial charge on any atom is 0.240 e. The van der Waals surface area contributed by atoms with Crippen molar-refractivity contribution in [2.24, 2.45) is 22.7 Å². The van der Waals surface area contributed by atoms with E-state index < -0.39 is 15.9 Å². The lowest BCUT2D eigenvalue weighted by Gasteiger charge is -2.38. The first-order chi connectivity index (χ1) is 12.7. The second-order valence-corrected chi connectivity index (χ2v) is 11.9. The van der Waals surface area contributed by atoms with E-state index in [4.69, 9.17) is 0 Å². The van der Waals surface area contributed by atoms with Gasteiger partial charge in [0.1, 0.15) is 0 Å². The number of Topliss-reactive ketones (excluding diaryl/α,β-unsaturated/α-hetero) is 1. The number of fused-ring (bicyclic) bond motifs is 1. The van der Waals surface area contributed by atoms with Gasteiger partial charge in [0.25, 0.3) is 0 Å². The molecule has 1 aliphatic heterocycles. The predicted molar refractivity (Wildman–Crippen MR) is 101 cm³/mol. The Bertz CT molecular complexity index is 871. The number of amides is 1. The average molecular weight is 392 g/mol. The zero-order valence-electron chi connectivity index (χ0n) is 16.3. The minimum Gasteiger partial charge on any atom is -0.295 e. The van der Waals surface area contributed by atoms with Gasteiger partial charge in [0.05, 0.1) is 17.7 Å². The molecule has 1 spiro atoms. The monoisotopic (exact) mass is 391 g/mol. The largest absolute Gasteiger partial charge is 0.295 e. The van der Waals surface area contributed by atoms with Crippen molar-refractivity contribution in [1.29, 1.82) is 0 Å². The van der Waals surface area contributed by atoms with E-state index in [1.807, 2.05) is 0 Å². The minimum atomic E-state index is -3.60. The highest BCUT2D eigenvalue weighted by Gasteiger charge is 2.72. The van der Waals surface area contributed by atoms with Gasteiger partial charge in [-0.2, -0.15) is 0 Å². The highest BCUT2D eigenvalue weighted by atomic mass is 32.2. The van der Waals surface area contributed by atoms with Gasteiger partial charge in [-0.3, -0.25) is 9.59 Å². The van der Waals surface area contributed by atoms with Crippen molar-refractivity contribution < 1.29 is 18.0 Å². The molecule has 0 aromatic rings. The molecule has 5 rings (SSSR count). The molecule has 0 aromatic carbocycles. The zero-order valence-corrected chi connectivity index (χ0v) is 17.1. The summed E-state index contributed by atoms with van der Waals surface area (Å²) in [5.41, 5.74) is 1.73. The lowest BCUT2D eigenvalue weighted by molar-refractivity contribution is -0.136. The number of nitrogens with zero attached hydrogens (tertiary/aromatic N) is 1. The predicted octanol–water partition coefficient (Wildman–Crippen LogP) is 3.20. The summed E-state index contributed by atoms with van der Waals surface area (Å²) in [5, 5.41) is 0. The summed E-state index contributed by atoms with van der Waals surface area (Å²) in [4.78, 5) is 26.0. The van der Waals surface area contributed by atoms with Crippen molar-refractivity contribution in [3.8, 4) is 0 Å². The Morgan fingerprint density at radius 2 is 1.89 bits per heavy atom. The van der Waals surface area contributed by atoms with E-state index in [1.54, 1.807) is 0 Å². The van der Waals surface area contributed by atoms with Gasteiger partial charge >= 0.3 is 0 Å².